The summed E-state index contributed by atoms with van der Waals surface area (Å²) in [6.07, 6.45) is -4.80. The zero-order valence-corrected chi connectivity index (χ0v) is 8.29. The molecule has 86 valence electrons. The maximum absolute atomic E-state index is 9.60. The fourth-order valence-electron chi connectivity index (χ4n) is 1.41. The molecule has 1 aliphatic rings. The number of rotatable bonds is 2. The van der Waals surface area contributed by atoms with Crippen molar-refractivity contribution in [2.45, 2.75) is 37.6 Å². The van der Waals surface area contributed by atoms with Crippen molar-refractivity contribution in [2.75, 3.05) is 6.61 Å². The predicted octanol–water partition coefficient (Wildman–Crippen LogP) is -2.64. The second-order valence-electron chi connectivity index (χ2n) is 3.27. The number of aliphatic hydroxyl groups excluding tert-OH is 4. The SMILES string of the molecule is CC#CN[C@H]1C(O)O[C@H](CO)[C@H](O)[C@@H]1O. The predicted molar refractivity (Wildman–Crippen MR) is 50.4 cm³/mol. The molecule has 1 heterocycles. The van der Waals surface area contributed by atoms with Crippen LogP contribution in [-0.2, 0) is 4.74 Å². The van der Waals surface area contributed by atoms with E-state index < -0.39 is 37.3 Å². The molecule has 6 nitrogen and oxygen atoms in total. The van der Waals surface area contributed by atoms with Gasteiger partial charge in [0.05, 0.1) is 6.61 Å². The average Bonchev–Trinajstić information content (AvgIpc) is 2.23. The quantitative estimate of drug-likeness (QED) is 0.256. The molecule has 6 heteroatoms. The molecule has 0 aromatic heterocycles. The summed E-state index contributed by atoms with van der Waals surface area (Å²) in [4.78, 5) is 0. The van der Waals surface area contributed by atoms with Crippen molar-refractivity contribution in [2.24, 2.45) is 0 Å². The molecule has 1 fully saturated rings. The third-order valence-corrected chi connectivity index (χ3v) is 2.26. The molecular weight excluding hydrogens is 202 g/mol. The standard InChI is InChI=1S/C9H15NO5/c1-2-3-10-6-8(13)7(12)5(4-11)15-9(6)14/h5-14H,4H2,1H3/t5-,6-,7+,8-,9?/m1/s1. The lowest BCUT2D eigenvalue weighted by Crippen LogP contribution is -2.62. The van der Waals surface area contributed by atoms with E-state index in [9.17, 15) is 15.3 Å². The Balaban J connectivity index is 2.68. The molecule has 0 bridgehead atoms. The summed E-state index contributed by atoms with van der Waals surface area (Å²) in [5.41, 5.74) is 0. The topological polar surface area (TPSA) is 102 Å². The van der Waals surface area contributed by atoms with E-state index in [-0.39, 0.29) is 0 Å². The van der Waals surface area contributed by atoms with Crippen LogP contribution in [0.1, 0.15) is 6.92 Å². The van der Waals surface area contributed by atoms with E-state index in [1.807, 2.05) is 0 Å². The first kappa shape index (κ1) is 12.2. The Hall–Kier alpha value is -0.840. The Bertz CT molecular complexity index is 261. The molecule has 0 aliphatic carbocycles. The molecule has 0 amide bonds. The number of nitrogens with one attached hydrogen (secondary N) is 1. The highest BCUT2D eigenvalue weighted by atomic mass is 16.6. The van der Waals surface area contributed by atoms with Crippen LogP contribution in [-0.4, -0.2) is 57.7 Å². The van der Waals surface area contributed by atoms with E-state index in [0.717, 1.165) is 0 Å². The van der Waals surface area contributed by atoms with E-state index >= 15 is 0 Å². The van der Waals surface area contributed by atoms with Gasteiger partial charge in [0, 0.05) is 6.04 Å². The molecule has 1 rings (SSSR count). The molecule has 1 saturated heterocycles. The number of hydrogen-bond donors (Lipinski definition) is 5. The summed E-state index contributed by atoms with van der Waals surface area (Å²) >= 11 is 0. The monoisotopic (exact) mass is 217 g/mol. The Labute approximate surface area is 87.5 Å². The fourth-order valence-corrected chi connectivity index (χ4v) is 1.41. The van der Waals surface area contributed by atoms with Gasteiger partial charge in [-0.05, 0) is 6.92 Å². The largest absolute Gasteiger partial charge is 0.394 e. The first-order valence-corrected chi connectivity index (χ1v) is 4.59. The minimum atomic E-state index is -1.32. The van der Waals surface area contributed by atoms with Crippen LogP contribution in [0.4, 0.5) is 0 Å². The summed E-state index contributed by atoms with van der Waals surface area (Å²) in [5.74, 6) is 2.53. The van der Waals surface area contributed by atoms with E-state index in [2.05, 4.69) is 17.3 Å². The van der Waals surface area contributed by atoms with Crippen molar-refractivity contribution in [1.82, 2.24) is 5.32 Å². The van der Waals surface area contributed by atoms with Gasteiger partial charge in [0.15, 0.2) is 6.29 Å². The number of aliphatic hydroxyl groups is 4. The highest BCUT2D eigenvalue weighted by Gasteiger charge is 2.43. The normalized spacial score (nSPS) is 40.5. The fraction of sp³-hybridized carbons (Fsp3) is 0.778. The van der Waals surface area contributed by atoms with Crippen LogP contribution in [0.5, 0.6) is 0 Å². The smallest absolute Gasteiger partial charge is 0.178 e. The van der Waals surface area contributed by atoms with Gasteiger partial charge in [-0.25, -0.2) is 0 Å². The van der Waals surface area contributed by atoms with Crippen LogP contribution >= 0.6 is 0 Å². The highest BCUT2D eigenvalue weighted by Crippen LogP contribution is 2.19. The molecule has 5 N–H and O–H groups in total. The molecule has 0 radical (unpaired) electrons. The van der Waals surface area contributed by atoms with Crippen molar-refractivity contribution in [3.05, 3.63) is 0 Å². The minimum Gasteiger partial charge on any atom is -0.394 e. The van der Waals surface area contributed by atoms with E-state index in [1.54, 1.807) is 6.92 Å². The lowest BCUT2D eigenvalue weighted by atomic mass is 9.97. The van der Waals surface area contributed by atoms with E-state index in [4.69, 9.17) is 9.84 Å². The lowest BCUT2D eigenvalue weighted by Gasteiger charge is -2.39. The van der Waals surface area contributed by atoms with Gasteiger partial charge in [-0.2, -0.15) is 0 Å². The second-order valence-corrected chi connectivity index (χ2v) is 3.27. The third kappa shape index (κ3) is 2.59. The molecule has 0 spiro atoms. The molecule has 0 aromatic carbocycles. The van der Waals surface area contributed by atoms with Gasteiger partial charge in [0.25, 0.3) is 0 Å². The van der Waals surface area contributed by atoms with Crippen molar-refractivity contribution in [3.63, 3.8) is 0 Å². The van der Waals surface area contributed by atoms with Gasteiger partial charge < -0.3 is 30.5 Å². The van der Waals surface area contributed by atoms with Crippen LogP contribution in [0.3, 0.4) is 0 Å². The first-order chi connectivity index (χ1) is 7.11. The molecule has 1 unspecified atom stereocenters. The van der Waals surface area contributed by atoms with Crippen LogP contribution in [0.15, 0.2) is 0 Å². The molecule has 15 heavy (non-hydrogen) atoms. The van der Waals surface area contributed by atoms with Crippen molar-refractivity contribution in [3.8, 4) is 12.0 Å². The Kier molecular flexibility index (Phi) is 4.32. The molecule has 5 atom stereocenters. The average molecular weight is 217 g/mol. The van der Waals surface area contributed by atoms with Crippen molar-refractivity contribution in [1.29, 1.82) is 0 Å². The van der Waals surface area contributed by atoms with Gasteiger partial charge in [0.2, 0.25) is 0 Å². The molecule has 0 saturated carbocycles. The van der Waals surface area contributed by atoms with E-state index in [0.29, 0.717) is 0 Å². The minimum absolute atomic E-state index is 0.471. The summed E-state index contributed by atoms with van der Waals surface area (Å²) in [5, 5.41) is 39.9. The van der Waals surface area contributed by atoms with Crippen LogP contribution in [0.2, 0.25) is 0 Å². The van der Waals surface area contributed by atoms with Gasteiger partial charge in [-0.15, -0.1) is 0 Å². The molecular formula is C9H15NO5. The van der Waals surface area contributed by atoms with Crippen LogP contribution in [0.25, 0.3) is 0 Å². The molecule has 0 aromatic rings. The highest BCUT2D eigenvalue weighted by molar-refractivity contribution is 5.01. The number of ether oxygens (including phenoxy) is 1. The van der Waals surface area contributed by atoms with E-state index in [1.165, 1.54) is 0 Å². The zero-order valence-electron chi connectivity index (χ0n) is 8.29. The first-order valence-electron chi connectivity index (χ1n) is 4.59. The zero-order chi connectivity index (χ0) is 11.4. The molecule has 1 aliphatic heterocycles. The summed E-state index contributed by atoms with van der Waals surface area (Å²) in [7, 11) is 0. The van der Waals surface area contributed by atoms with Crippen LogP contribution < -0.4 is 5.32 Å². The van der Waals surface area contributed by atoms with Gasteiger partial charge in [-0.1, -0.05) is 5.92 Å². The van der Waals surface area contributed by atoms with Gasteiger partial charge in [-0.3, -0.25) is 0 Å². The third-order valence-electron chi connectivity index (χ3n) is 2.26. The number of hydrogen-bond acceptors (Lipinski definition) is 6. The van der Waals surface area contributed by atoms with Crippen molar-refractivity contribution >= 4 is 0 Å². The Morgan fingerprint density at radius 3 is 2.47 bits per heavy atom. The van der Waals surface area contributed by atoms with Gasteiger partial charge >= 0.3 is 0 Å². The van der Waals surface area contributed by atoms with Crippen LogP contribution in [0, 0.1) is 12.0 Å². The van der Waals surface area contributed by atoms with Gasteiger partial charge in [0.1, 0.15) is 24.4 Å². The Morgan fingerprint density at radius 2 is 1.93 bits per heavy atom. The maximum atomic E-state index is 9.60. The lowest BCUT2D eigenvalue weighted by molar-refractivity contribution is -0.252. The van der Waals surface area contributed by atoms with Crippen molar-refractivity contribution < 1.29 is 25.2 Å². The maximum Gasteiger partial charge on any atom is 0.178 e. The summed E-state index contributed by atoms with van der Waals surface area (Å²) in [6, 6.07) is 1.57. The Morgan fingerprint density at radius 1 is 1.27 bits per heavy atom. The summed E-state index contributed by atoms with van der Waals surface area (Å²) in [6.45, 7) is 1.11. The summed E-state index contributed by atoms with van der Waals surface area (Å²) < 4.78 is 4.89. The second kappa shape index (κ2) is 5.30.